The number of amides is 1. The Hall–Kier alpha value is -1.79. The number of carbonyl (C=O) groups excluding carboxylic acids is 1. The quantitative estimate of drug-likeness (QED) is 0.782. The minimum absolute atomic E-state index is 0.109. The van der Waals surface area contributed by atoms with Crippen LogP contribution in [0.1, 0.15) is 17.8 Å². The van der Waals surface area contributed by atoms with E-state index in [2.05, 4.69) is 14.9 Å². The summed E-state index contributed by atoms with van der Waals surface area (Å²) in [6.07, 6.45) is -3.85. The molecule has 76 valence electrons. The van der Waals surface area contributed by atoms with E-state index in [1.54, 1.807) is 0 Å². The summed E-state index contributed by atoms with van der Waals surface area (Å²) in [5, 5.41) is 6.60. The normalized spacial score (nSPS) is 10.3. The molecule has 0 aliphatic rings. The van der Waals surface area contributed by atoms with Crippen LogP contribution in [0.15, 0.2) is 6.07 Å². The lowest BCUT2D eigenvalue weighted by atomic mass is 10.3. The van der Waals surface area contributed by atoms with Gasteiger partial charge in [0.25, 0.3) is 6.43 Å². The standard InChI is InChI=1S/C7H7F2N3O2/c1-3-5(14-7(10)13)2-4(6(8)9)12-11-3/h2,6H,1H3,(H2,10,13). The second-order valence-electron chi connectivity index (χ2n) is 2.44. The van der Waals surface area contributed by atoms with Crippen LogP contribution in [0.3, 0.4) is 0 Å². The van der Waals surface area contributed by atoms with E-state index < -0.39 is 18.2 Å². The first kappa shape index (κ1) is 10.3. The number of aryl methyl sites for hydroxylation is 1. The lowest BCUT2D eigenvalue weighted by molar-refractivity contribution is 0.144. The van der Waals surface area contributed by atoms with Crippen LogP contribution in [0.2, 0.25) is 0 Å². The van der Waals surface area contributed by atoms with E-state index in [-0.39, 0.29) is 11.4 Å². The molecule has 1 rings (SSSR count). The molecule has 0 unspecified atom stereocenters. The van der Waals surface area contributed by atoms with Crippen LogP contribution in [-0.4, -0.2) is 16.3 Å². The van der Waals surface area contributed by atoms with Crippen LogP contribution in [0, 0.1) is 6.92 Å². The summed E-state index contributed by atoms with van der Waals surface area (Å²) in [6.45, 7) is 1.46. The monoisotopic (exact) mass is 203 g/mol. The second-order valence-corrected chi connectivity index (χ2v) is 2.44. The van der Waals surface area contributed by atoms with Crippen LogP contribution in [0.5, 0.6) is 5.75 Å². The van der Waals surface area contributed by atoms with Crippen molar-refractivity contribution >= 4 is 6.09 Å². The molecule has 5 nitrogen and oxygen atoms in total. The molecule has 0 bridgehead atoms. The predicted molar refractivity (Wildman–Crippen MR) is 41.9 cm³/mol. The van der Waals surface area contributed by atoms with Gasteiger partial charge in [-0.2, -0.15) is 5.10 Å². The van der Waals surface area contributed by atoms with Gasteiger partial charge in [0, 0.05) is 6.07 Å². The zero-order valence-corrected chi connectivity index (χ0v) is 7.20. The van der Waals surface area contributed by atoms with Crippen molar-refractivity contribution in [2.24, 2.45) is 5.73 Å². The van der Waals surface area contributed by atoms with Crippen molar-refractivity contribution in [2.45, 2.75) is 13.3 Å². The van der Waals surface area contributed by atoms with Crippen molar-refractivity contribution in [3.8, 4) is 5.75 Å². The molecular formula is C7H7F2N3O2. The van der Waals surface area contributed by atoms with Gasteiger partial charge in [0.15, 0.2) is 5.75 Å². The van der Waals surface area contributed by atoms with E-state index in [0.29, 0.717) is 0 Å². The molecule has 2 N–H and O–H groups in total. The molecule has 0 radical (unpaired) electrons. The number of aromatic nitrogens is 2. The van der Waals surface area contributed by atoms with Crippen molar-refractivity contribution in [1.82, 2.24) is 10.2 Å². The maximum Gasteiger partial charge on any atom is 0.410 e. The zero-order valence-electron chi connectivity index (χ0n) is 7.20. The molecule has 1 heterocycles. The van der Waals surface area contributed by atoms with Crippen molar-refractivity contribution in [3.63, 3.8) is 0 Å². The van der Waals surface area contributed by atoms with Gasteiger partial charge in [-0.05, 0) is 6.92 Å². The van der Waals surface area contributed by atoms with Gasteiger partial charge in [-0.1, -0.05) is 0 Å². The Bertz CT molecular complexity index is 357. The Morgan fingerprint density at radius 1 is 1.57 bits per heavy atom. The molecule has 0 fully saturated rings. The SMILES string of the molecule is Cc1nnc(C(F)F)cc1OC(N)=O. The first-order valence-corrected chi connectivity index (χ1v) is 3.60. The van der Waals surface area contributed by atoms with Gasteiger partial charge in [-0.25, -0.2) is 13.6 Å². The summed E-state index contributed by atoms with van der Waals surface area (Å²) in [5.41, 5.74) is 4.38. The van der Waals surface area contributed by atoms with Gasteiger partial charge in [0.2, 0.25) is 0 Å². The highest BCUT2D eigenvalue weighted by molar-refractivity contribution is 5.68. The molecule has 0 saturated carbocycles. The summed E-state index contributed by atoms with van der Waals surface area (Å²) in [7, 11) is 0. The Morgan fingerprint density at radius 3 is 2.71 bits per heavy atom. The van der Waals surface area contributed by atoms with Gasteiger partial charge >= 0.3 is 6.09 Å². The van der Waals surface area contributed by atoms with Crippen molar-refractivity contribution in [1.29, 1.82) is 0 Å². The number of halogens is 2. The average Bonchev–Trinajstić information content (AvgIpc) is 2.07. The average molecular weight is 203 g/mol. The van der Waals surface area contributed by atoms with E-state index >= 15 is 0 Å². The number of nitrogens with two attached hydrogens (primary N) is 1. The maximum absolute atomic E-state index is 12.1. The number of rotatable bonds is 2. The molecule has 0 aliphatic carbocycles. The molecule has 0 spiro atoms. The largest absolute Gasteiger partial charge is 0.410 e. The predicted octanol–water partition coefficient (Wildman–Crippen LogP) is 1.18. The molecule has 7 heteroatoms. The van der Waals surface area contributed by atoms with Crippen molar-refractivity contribution < 1.29 is 18.3 Å². The fourth-order valence-electron chi connectivity index (χ4n) is 0.768. The number of primary amides is 1. The van der Waals surface area contributed by atoms with Gasteiger partial charge in [-0.3, -0.25) is 0 Å². The van der Waals surface area contributed by atoms with Crippen molar-refractivity contribution in [2.75, 3.05) is 0 Å². The molecule has 0 aromatic carbocycles. The fourth-order valence-corrected chi connectivity index (χ4v) is 0.768. The summed E-state index contributed by atoms with van der Waals surface area (Å²) >= 11 is 0. The summed E-state index contributed by atoms with van der Waals surface area (Å²) in [6, 6.07) is 0.928. The van der Waals surface area contributed by atoms with E-state index in [0.717, 1.165) is 6.07 Å². The highest BCUT2D eigenvalue weighted by Crippen LogP contribution is 2.22. The number of carbonyl (C=O) groups is 1. The highest BCUT2D eigenvalue weighted by Gasteiger charge is 2.14. The molecular weight excluding hydrogens is 196 g/mol. The number of alkyl halides is 2. The van der Waals surface area contributed by atoms with Gasteiger partial charge in [0.05, 0.1) is 0 Å². The van der Waals surface area contributed by atoms with Crippen LogP contribution in [0.4, 0.5) is 13.6 Å². The third kappa shape index (κ3) is 2.35. The number of hydrogen-bond donors (Lipinski definition) is 1. The first-order chi connectivity index (χ1) is 6.50. The molecule has 1 aromatic rings. The number of nitrogens with zero attached hydrogens (tertiary/aromatic N) is 2. The zero-order chi connectivity index (χ0) is 10.7. The number of ether oxygens (including phenoxy) is 1. The van der Waals surface area contributed by atoms with E-state index in [4.69, 9.17) is 5.73 Å². The van der Waals surface area contributed by atoms with Gasteiger partial charge in [-0.15, -0.1) is 5.10 Å². The Balaban J connectivity index is 3.02. The molecule has 1 aromatic heterocycles. The summed E-state index contributed by atoms with van der Waals surface area (Å²) < 4.78 is 28.7. The lowest BCUT2D eigenvalue weighted by Gasteiger charge is -2.04. The summed E-state index contributed by atoms with van der Waals surface area (Å²) in [4.78, 5) is 10.4. The Morgan fingerprint density at radius 2 is 2.21 bits per heavy atom. The summed E-state index contributed by atoms with van der Waals surface area (Å²) in [5.74, 6) is -0.109. The molecule has 0 aliphatic heterocycles. The molecule has 0 atom stereocenters. The smallest absolute Gasteiger partial charge is 0.408 e. The minimum Gasteiger partial charge on any atom is -0.408 e. The van der Waals surface area contributed by atoms with Crippen LogP contribution < -0.4 is 10.5 Å². The lowest BCUT2D eigenvalue weighted by Crippen LogP contribution is -2.17. The van der Waals surface area contributed by atoms with Gasteiger partial charge < -0.3 is 10.5 Å². The van der Waals surface area contributed by atoms with E-state index in [1.807, 2.05) is 0 Å². The topological polar surface area (TPSA) is 78.1 Å². The van der Waals surface area contributed by atoms with E-state index in [1.165, 1.54) is 6.92 Å². The second kappa shape index (κ2) is 3.95. The third-order valence-corrected chi connectivity index (χ3v) is 1.39. The first-order valence-electron chi connectivity index (χ1n) is 3.60. The van der Waals surface area contributed by atoms with Crippen LogP contribution in [-0.2, 0) is 0 Å². The molecule has 1 amide bonds. The fraction of sp³-hybridized carbons (Fsp3) is 0.286. The highest BCUT2D eigenvalue weighted by atomic mass is 19.3. The van der Waals surface area contributed by atoms with Crippen LogP contribution in [0.25, 0.3) is 0 Å². The third-order valence-electron chi connectivity index (χ3n) is 1.39. The Labute approximate surface area is 77.9 Å². The van der Waals surface area contributed by atoms with Crippen LogP contribution >= 0.6 is 0 Å². The maximum atomic E-state index is 12.1. The molecule has 0 saturated heterocycles. The van der Waals surface area contributed by atoms with Gasteiger partial charge in [0.1, 0.15) is 11.4 Å². The number of hydrogen-bond acceptors (Lipinski definition) is 4. The molecule has 14 heavy (non-hydrogen) atoms. The van der Waals surface area contributed by atoms with E-state index in [9.17, 15) is 13.6 Å². The van der Waals surface area contributed by atoms with Crippen molar-refractivity contribution in [3.05, 3.63) is 17.5 Å². The Kier molecular flexibility index (Phi) is 2.90. The minimum atomic E-state index is -2.77.